The van der Waals surface area contributed by atoms with Gasteiger partial charge in [0.25, 0.3) is 0 Å². The predicted molar refractivity (Wildman–Crippen MR) is 132 cm³/mol. The highest BCUT2D eigenvalue weighted by molar-refractivity contribution is 5.76. The Morgan fingerprint density at radius 1 is 0.722 bits per heavy atom. The van der Waals surface area contributed by atoms with Crippen LogP contribution in [-0.2, 0) is 0 Å². The second kappa shape index (κ2) is 10.9. The summed E-state index contributed by atoms with van der Waals surface area (Å²) in [5.74, 6) is -9.72. The average molecular weight is 513 g/mol. The van der Waals surface area contributed by atoms with E-state index >= 15 is 8.78 Å². The number of benzene rings is 1. The molecule has 0 N–H and O–H groups in total. The van der Waals surface area contributed by atoms with Gasteiger partial charge in [-0.1, -0.05) is 70.2 Å². The zero-order valence-electron chi connectivity index (χ0n) is 21.4. The fourth-order valence-corrected chi connectivity index (χ4v) is 6.88. The van der Waals surface area contributed by atoms with Gasteiger partial charge in [0.1, 0.15) is 0 Å². The van der Waals surface area contributed by atoms with Crippen LogP contribution in [0.25, 0.3) is 5.57 Å². The van der Waals surface area contributed by atoms with Crippen molar-refractivity contribution in [1.82, 2.24) is 0 Å². The molecule has 6 heteroatoms. The van der Waals surface area contributed by atoms with Crippen LogP contribution >= 0.6 is 0 Å². The van der Waals surface area contributed by atoms with Crippen molar-refractivity contribution in [2.24, 2.45) is 17.8 Å². The van der Waals surface area contributed by atoms with Gasteiger partial charge in [-0.15, -0.1) is 0 Å². The van der Waals surface area contributed by atoms with Gasteiger partial charge in [0.2, 0.25) is 0 Å². The fourth-order valence-electron chi connectivity index (χ4n) is 6.88. The Balaban J connectivity index is 1.47. The van der Waals surface area contributed by atoms with Crippen LogP contribution in [0.5, 0.6) is 0 Å². The minimum atomic E-state index is -4.62. The number of halogens is 6. The molecule has 200 valence electrons. The number of alkyl halides is 4. The Labute approximate surface area is 211 Å². The zero-order chi connectivity index (χ0) is 26.1. The zero-order valence-corrected chi connectivity index (χ0v) is 21.4. The highest BCUT2D eigenvalue weighted by atomic mass is 19.3. The summed E-state index contributed by atoms with van der Waals surface area (Å²) >= 11 is 0. The summed E-state index contributed by atoms with van der Waals surface area (Å²) in [7, 11) is 0. The van der Waals surface area contributed by atoms with E-state index in [1.165, 1.54) is 44.6 Å². The lowest BCUT2D eigenvalue weighted by Gasteiger charge is -2.38. The molecule has 0 heterocycles. The summed E-state index contributed by atoms with van der Waals surface area (Å²) in [5, 5.41) is 0. The summed E-state index contributed by atoms with van der Waals surface area (Å²) in [4.78, 5) is 0. The Hall–Kier alpha value is -1.72. The molecule has 2 fully saturated rings. The number of hydrogen-bond acceptors (Lipinski definition) is 0. The second-order valence-corrected chi connectivity index (χ2v) is 11.2. The molecule has 0 radical (unpaired) electrons. The Kier molecular flexibility index (Phi) is 8.31. The largest absolute Gasteiger partial charge is 0.340 e. The number of allylic oxidation sites excluding steroid dienone is 4. The lowest BCUT2D eigenvalue weighted by atomic mass is 9.68. The molecule has 36 heavy (non-hydrogen) atoms. The molecule has 1 aromatic rings. The van der Waals surface area contributed by atoms with Crippen LogP contribution in [0.4, 0.5) is 26.3 Å². The molecule has 0 aromatic heterocycles. The van der Waals surface area contributed by atoms with Gasteiger partial charge in [-0.2, -0.15) is 17.6 Å². The molecule has 0 nitrogen and oxygen atoms in total. The van der Waals surface area contributed by atoms with Crippen molar-refractivity contribution in [3.63, 3.8) is 0 Å². The maximum absolute atomic E-state index is 15.2. The van der Waals surface area contributed by atoms with Crippen molar-refractivity contribution in [2.45, 2.75) is 109 Å². The smallest absolute Gasteiger partial charge is 0.203 e. The van der Waals surface area contributed by atoms with E-state index < -0.39 is 40.2 Å². The van der Waals surface area contributed by atoms with E-state index in [0.717, 1.165) is 49.8 Å². The van der Waals surface area contributed by atoms with Gasteiger partial charge in [-0.3, -0.25) is 0 Å². The highest BCUT2D eigenvalue weighted by Gasteiger charge is 2.62. The van der Waals surface area contributed by atoms with Gasteiger partial charge in [0, 0.05) is 16.7 Å². The first kappa shape index (κ1) is 27.3. The van der Waals surface area contributed by atoms with Gasteiger partial charge >= 0.3 is 11.8 Å². The molecule has 3 aliphatic carbocycles. The van der Waals surface area contributed by atoms with Crippen molar-refractivity contribution < 1.29 is 26.3 Å². The third kappa shape index (κ3) is 5.03. The Morgan fingerprint density at radius 3 is 1.92 bits per heavy atom. The normalized spacial score (nSPS) is 30.0. The summed E-state index contributed by atoms with van der Waals surface area (Å²) in [5.41, 5.74) is -2.47. The van der Waals surface area contributed by atoms with Gasteiger partial charge in [0.15, 0.2) is 11.6 Å². The Morgan fingerprint density at radius 2 is 1.33 bits per heavy atom. The predicted octanol–water partition coefficient (Wildman–Crippen LogP) is 10.2. The molecule has 1 aromatic carbocycles. The maximum Gasteiger partial charge on any atom is 0.340 e. The van der Waals surface area contributed by atoms with Crippen LogP contribution in [0.1, 0.15) is 108 Å². The van der Waals surface area contributed by atoms with Crippen molar-refractivity contribution in [2.75, 3.05) is 0 Å². The van der Waals surface area contributed by atoms with E-state index in [1.54, 1.807) is 6.92 Å². The highest BCUT2D eigenvalue weighted by Crippen LogP contribution is 2.52. The van der Waals surface area contributed by atoms with E-state index in [-0.39, 0.29) is 24.3 Å². The van der Waals surface area contributed by atoms with Crippen LogP contribution in [0.3, 0.4) is 0 Å². The van der Waals surface area contributed by atoms with Gasteiger partial charge in [-0.25, -0.2) is 8.78 Å². The minimum Gasteiger partial charge on any atom is -0.203 e. The fraction of sp³-hybridized carbons (Fsp3) is 0.667. The van der Waals surface area contributed by atoms with E-state index in [9.17, 15) is 17.6 Å². The molecule has 0 amide bonds. The van der Waals surface area contributed by atoms with Crippen molar-refractivity contribution in [1.29, 1.82) is 0 Å². The van der Waals surface area contributed by atoms with Gasteiger partial charge < -0.3 is 0 Å². The van der Waals surface area contributed by atoms with Crippen LogP contribution in [0.2, 0.25) is 0 Å². The standard InChI is InChI=1S/C30H38F6/c1-3-5-19-7-9-20(10-8-19)21-11-13-22(14-12-21)24-16-17-25(28(32)27(24)31)26-18-15-23(6-4-2)29(33,34)30(26,35)36/h15-22H,3-14H2,1-2H3. The van der Waals surface area contributed by atoms with Crippen molar-refractivity contribution in [3.8, 4) is 0 Å². The molecular weight excluding hydrogens is 474 g/mol. The summed E-state index contributed by atoms with van der Waals surface area (Å²) in [6, 6.07) is 2.39. The summed E-state index contributed by atoms with van der Waals surface area (Å²) in [6.07, 6.45) is 12.8. The quantitative estimate of drug-likeness (QED) is 0.319. The second-order valence-electron chi connectivity index (χ2n) is 11.2. The molecule has 2 saturated carbocycles. The third-order valence-corrected chi connectivity index (χ3v) is 8.98. The molecule has 0 atom stereocenters. The maximum atomic E-state index is 15.2. The third-order valence-electron chi connectivity index (χ3n) is 8.98. The SMILES string of the molecule is CCCC1=CC=C(c2ccc(C3CCC(C4CCC(CCC)CC4)CC3)c(F)c2F)C(F)(F)C1(F)F. The van der Waals surface area contributed by atoms with E-state index in [0.29, 0.717) is 11.8 Å². The molecule has 3 aliphatic rings. The first-order valence-corrected chi connectivity index (χ1v) is 13.8. The lowest BCUT2D eigenvalue weighted by Crippen LogP contribution is -2.44. The van der Waals surface area contributed by atoms with Crippen LogP contribution in [0.15, 0.2) is 29.9 Å². The molecule has 0 aliphatic heterocycles. The van der Waals surface area contributed by atoms with Crippen LogP contribution < -0.4 is 0 Å². The number of rotatable bonds is 7. The Bertz CT molecular complexity index is 975. The summed E-state index contributed by atoms with van der Waals surface area (Å²) < 4.78 is 89.0. The van der Waals surface area contributed by atoms with Gasteiger partial charge in [0.05, 0.1) is 0 Å². The van der Waals surface area contributed by atoms with Gasteiger partial charge in [-0.05, 0) is 74.2 Å². The average Bonchev–Trinajstić information content (AvgIpc) is 2.86. The van der Waals surface area contributed by atoms with Crippen LogP contribution in [0, 0.1) is 29.4 Å². The first-order valence-electron chi connectivity index (χ1n) is 13.8. The minimum absolute atomic E-state index is 0.176. The molecule has 0 saturated heterocycles. The first-order chi connectivity index (χ1) is 17.1. The molecule has 0 unspecified atom stereocenters. The number of hydrogen-bond donors (Lipinski definition) is 0. The topological polar surface area (TPSA) is 0 Å². The lowest BCUT2D eigenvalue weighted by molar-refractivity contribution is -0.149. The van der Waals surface area contributed by atoms with Crippen molar-refractivity contribution >= 4 is 5.57 Å². The van der Waals surface area contributed by atoms with Crippen molar-refractivity contribution in [3.05, 3.63) is 52.6 Å². The van der Waals surface area contributed by atoms with Crippen LogP contribution in [-0.4, -0.2) is 11.8 Å². The molecule has 0 bridgehead atoms. The molecule has 0 spiro atoms. The molecular formula is C30H38F6. The van der Waals surface area contributed by atoms with E-state index in [1.807, 2.05) is 0 Å². The summed E-state index contributed by atoms with van der Waals surface area (Å²) in [6.45, 7) is 3.85. The van der Waals surface area contributed by atoms with E-state index in [4.69, 9.17) is 0 Å². The van der Waals surface area contributed by atoms with E-state index in [2.05, 4.69) is 6.92 Å². The molecule has 4 rings (SSSR count). The monoisotopic (exact) mass is 512 g/mol.